The summed E-state index contributed by atoms with van der Waals surface area (Å²) in [5.41, 5.74) is 2.62. The van der Waals surface area contributed by atoms with Crippen LogP contribution >= 0.6 is 27.7 Å². The quantitative estimate of drug-likeness (QED) is 0.584. The highest BCUT2D eigenvalue weighted by Gasteiger charge is 2.18. The molecule has 2 aromatic rings. The molecule has 1 aromatic carbocycles. The van der Waals surface area contributed by atoms with Crippen LogP contribution < -0.4 is 5.32 Å². The van der Waals surface area contributed by atoms with Crippen LogP contribution in [0.25, 0.3) is 0 Å². The molecule has 0 bridgehead atoms. The molecular formula is C16H20BrN3OS. The average molecular weight is 382 g/mol. The summed E-state index contributed by atoms with van der Waals surface area (Å²) in [5, 5.41) is 9.91. The van der Waals surface area contributed by atoms with Crippen molar-refractivity contribution in [2.24, 2.45) is 0 Å². The van der Waals surface area contributed by atoms with Crippen LogP contribution in [-0.2, 0) is 0 Å². The van der Waals surface area contributed by atoms with E-state index < -0.39 is 0 Å². The van der Waals surface area contributed by atoms with Gasteiger partial charge in [-0.2, -0.15) is 5.10 Å². The highest BCUT2D eigenvalue weighted by Crippen LogP contribution is 2.25. The number of hydrogen-bond donors (Lipinski definition) is 2. The first-order valence-corrected chi connectivity index (χ1v) is 8.98. The molecule has 2 N–H and O–H groups in total. The van der Waals surface area contributed by atoms with Gasteiger partial charge in [0.2, 0.25) is 0 Å². The fraction of sp³-hybridized carbons (Fsp3) is 0.375. The van der Waals surface area contributed by atoms with E-state index in [9.17, 15) is 4.79 Å². The summed E-state index contributed by atoms with van der Waals surface area (Å²) < 4.78 is 0.756. The van der Waals surface area contributed by atoms with Gasteiger partial charge in [0.25, 0.3) is 5.91 Å². The van der Waals surface area contributed by atoms with Crippen molar-refractivity contribution in [1.82, 2.24) is 15.5 Å². The second kappa shape index (κ2) is 7.83. The van der Waals surface area contributed by atoms with Gasteiger partial charge in [0.05, 0.1) is 10.2 Å². The van der Waals surface area contributed by atoms with E-state index in [1.54, 1.807) is 11.8 Å². The number of halogens is 1. The summed E-state index contributed by atoms with van der Waals surface area (Å²) in [4.78, 5) is 13.3. The summed E-state index contributed by atoms with van der Waals surface area (Å²) in [6.07, 6.45) is 0. The van der Waals surface area contributed by atoms with Crippen LogP contribution in [0.3, 0.4) is 0 Å². The van der Waals surface area contributed by atoms with Crippen molar-refractivity contribution in [3.8, 4) is 0 Å². The zero-order valence-corrected chi connectivity index (χ0v) is 15.3. The maximum atomic E-state index is 12.1. The number of aromatic amines is 1. The van der Waals surface area contributed by atoms with Gasteiger partial charge in [0, 0.05) is 17.2 Å². The number of amides is 1. The molecule has 118 valence electrons. The number of aryl methyl sites for hydroxylation is 1. The minimum absolute atomic E-state index is 0.153. The molecule has 0 unspecified atom stereocenters. The average Bonchev–Trinajstić information content (AvgIpc) is 2.87. The lowest BCUT2D eigenvalue weighted by atomic mass is 10.1. The van der Waals surface area contributed by atoms with Crippen molar-refractivity contribution < 1.29 is 4.79 Å². The molecule has 1 heterocycles. The molecule has 0 saturated carbocycles. The van der Waals surface area contributed by atoms with Crippen LogP contribution in [0.5, 0.6) is 0 Å². The van der Waals surface area contributed by atoms with Crippen LogP contribution in [0.1, 0.15) is 41.5 Å². The van der Waals surface area contributed by atoms with Crippen molar-refractivity contribution in [2.45, 2.75) is 31.6 Å². The summed E-state index contributed by atoms with van der Waals surface area (Å²) in [6.45, 7) is 6.78. The number of nitrogens with one attached hydrogen (secondary N) is 2. The van der Waals surface area contributed by atoms with Crippen molar-refractivity contribution in [3.05, 3.63) is 45.7 Å². The molecular weight excluding hydrogens is 362 g/mol. The van der Waals surface area contributed by atoms with Crippen molar-refractivity contribution in [3.63, 3.8) is 0 Å². The third-order valence-corrected chi connectivity index (χ3v) is 5.02. The first-order valence-electron chi connectivity index (χ1n) is 7.20. The van der Waals surface area contributed by atoms with Gasteiger partial charge in [-0.3, -0.25) is 9.89 Å². The number of benzene rings is 1. The summed E-state index contributed by atoms with van der Waals surface area (Å²) in [7, 11) is 0. The molecule has 1 amide bonds. The van der Waals surface area contributed by atoms with Gasteiger partial charge in [-0.05, 0) is 40.9 Å². The second-order valence-corrected chi connectivity index (χ2v) is 7.33. The smallest absolute Gasteiger partial charge is 0.272 e. The van der Waals surface area contributed by atoms with E-state index in [2.05, 4.69) is 76.5 Å². The van der Waals surface area contributed by atoms with E-state index in [0.29, 0.717) is 18.2 Å². The molecule has 0 radical (unpaired) electrons. The Hall–Kier alpha value is -1.27. The second-order valence-electron chi connectivity index (χ2n) is 5.37. The van der Waals surface area contributed by atoms with Crippen molar-refractivity contribution in [2.75, 3.05) is 12.3 Å². The fourth-order valence-electron chi connectivity index (χ4n) is 1.93. The van der Waals surface area contributed by atoms with Crippen LogP contribution in [0, 0.1) is 6.92 Å². The molecule has 4 nitrogen and oxygen atoms in total. The van der Waals surface area contributed by atoms with Gasteiger partial charge in [-0.1, -0.05) is 31.5 Å². The number of carbonyl (C=O) groups excluding carboxylic acids is 1. The van der Waals surface area contributed by atoms with Crippen molar-refractivity contribution in [1.29, 1.82) is 0 Å². The first kappa shape index (κ1) is 17.1. The molecule has 0 aliphatic heterocycles. The molecule has 0 atom stereocenters. The predicted molar refractivity (Wildman–Crippen MR) is 94.6 cm³/mol. The van der Waals surface area contributed by atoms with Gasteiger partial charge in [-0.15, -0.1) is 11.8 Å². The Labute approximate surface area is 143 Å². The monoisotopic (exact) mass is 381 g/mol. The number of rotatable bonds is 6. The maximum absolute atomic E-state index is 12.1. The molecule has 0 saturated heterocycles. The predicted octanol–water partition coefficient (Wildman–Crippen LogP) is 4.13. The molecule has 22 heavy (non-hydrogen) atoms. The number of H-pyrrole nitrogens is 1. The SMILES string of the molecule is Cc1ccc(SCCNC(=O)c2n[nH]c(C(C)C)c2Br)cc1. The number of thioether (sulfide) groups is 1. The summed E-state index contributed by atoms with van der Waals surface area (Å²) in [6, 6.07) is 8.38. The first-order chi connectivity index (χ1) is 10.5. The Morgan fingerprint density at radius 1 is 1.36 bits per heavy atom. The van der Waals surface area contributed by atoms with Gasteiger partial charge in [0.1, 0.15) is 0 Å². The molecule has 0 aliphatic carbocycles. The molecule has 0 aliphatic rings. The molecule has 6 heteroatoms. The maximum Gasteiger partial charge on any atom is 0.272 e. The number of carbonyl (C=O) groups is 1. The Morgan fingerprint density at radius 3 is 2.64 bits per heavy atom. The molecule has 0 spiro atoms. The van der Waals surface area contributed by atoms with Gasteiger partial charge < -0.3 is 5.32 Å². The zero-order chi connectivity index (χ0) is 16.1. The van der Waals surface area contributed by atoms with E-state index in [1.165, 1.54) is 10.5 Å². The lowest BCUT2D eigenvalue weighted by Gasteiger charge is -2.05. The highest BCUT2D eigenvalue weighted by atomic mass is 79.9. The Balaban J connectivity index is 1.82. The number of aromatic nitrogens is 2. The van der Waals surface area contributed by atoms with E-state index in [1.807, 2.05) is 0 Å². The van der Waals surface area contributed by atoms with Gasteiger partial charge in [0.15, 0.2) is 5.69 Å². The summed E-state index contributed by atoms with van der Waals surface area (Å²) >= 11 is 5.17. The van der Waals surface area contributed by atoms with Crippen LogP contribution in [0.2, 0.25) is 0 Å². The highest BCUT2D eigenvalue weighted by molar-refractivity contribution is 9.10. The van der Waals surface area contributed by atoms with Crippen LogP contribution in [0.4, 0.5) is 0 Å². The molecule has 0 fully saturated rings. The number of nitrogens with zero attached hydrogens (tertiary/aromatic N) is 1. The third kappa shape index (κ3) is 4.36. The van der Waals surface area contributed by atoms with Crippen LogP contribution in [-0.4, -0.2) is 28.4 Å². The largest absolute Gasteiger partial charge is 0.350 e. The Morgan fingerprint density at radius 2 is 2.05 bits per heavy atom. The number of hydrogen-bond acceptors (Lipinski definition) is 3. The Bertz CT molecular complexity index is 637. The van der Waals surface area contributed by atoms with E-state index in [0.717, 1.165) is 15.9 Å². The van der Waals surface area contributed by atoms with Crippen LogP contribution in [0.15, 0.2) is 33.6 Å². The zero-order valence-electron chi connectivity index (χ0n) is 12.9. The minimum Gasteiger partial charge on any atom is -0.350 e. The van der Waals surface area contributed by atoms with Gasteiger partial charge >= 0.3 is 0 Å². The van der Waals surface area contributed by atoms with Crippen molar-refractivity contribution >= 4 is 33.6 Å². The van der Waals surface area contributed by atoms with E-state index >= 15 is 0 Å². The van der Waals surface area contributed by atoms with Gasteiger partial charge in [-0.25, -0.2) is 0 Å². The lowest BCUT2D eigenvalue weighted by Crippen LogP contribution is -2.26. The Kier molecular flexibility index (Phi) is 6.08. The standard InChI is InChI=1S/C16H20BrN3OS/c1-10(2)14-13(17)15(20-19-14)16(21)18-8-9-22-12-6-4-11(3)5-7-12/h4-7,10H,8-9H2,1-3H3,(H,18,21)(H,19,20). The normalized spacial score (nSPS) is 11.0. The molecule has 1 aromatic heterocycles. The summed E-state index contributed by atoms with van der Waals surface area (Å²) in [5.74, 6) is 0.966. The van der Waals surface area contributed by atoms with E-state index in [4.69, 9.17) is 0 Å². The minimum atomic E-state index is -0.153. The molecule has 2 rings (SSSR count). The topological polar surface area (TPSA) is 57.8 Å². The third-order valence-electron chi connectivity index (χ3n) is 3.20. The fourth-order valence-corrected chi connectivity index (χ4v) is 3.51. The lowest BCUT2D eigenvalue weighted by molar-refractivity contribution is 0.0950. The van der Waals surface area contributed by atoms with E-state index in [-0.39, 0.29) is 5.91 Å².